The highest BCUT2D eigenvalue weighted by Crippen LogP contribution is 2.40. The van der Waals surface area contributed by atoms with Crippen molar-refractivity contribution in [3.05, 3.63) is 23.4 Å². The molecule has 1 aliphatic heterocycles. The number of carbonyl (C=O) groups excluding carboxylic acids is 1. The normalized spacial score (nSPS) is 20.3. The molecule has 2 aliphatic rings. The van der Waals surface area contributed by atoms with Gasteiger partial charge in [-0.15, -0.1) is 10.2 Å². The number of aliphatic hydroxyl groups excluding tert-OH is 1. The van der Waals surface area contributed by atoms with Crippen LogP contribution in [-0.2, 0) is 11.2 Å². The third-order valence-corrected chi connectivity index (χ3v) is 5.75. The topological polar surface area (TPSA) is 129 Å². The lowest BCUT2D eigenvalue weighted by Crippen LogP contribution is -2.38. The summed E-state index contributed by atoms with van der Waals surface area (Å²) >= 11 is 0. The van der Waals surface area contributed by atoms with Crippen molar-refractivity contribution in [1.82, 2.24) is 20.5 Å². The fourth-order valence-electron chi connectivity index (χ4n) is 4.23. The lowest BCUT2D eigenvalue weighted by molar-refractivity contribution is -0.126. The predicted molar refractivity (Wildman–Crippen MR) is 110 cm³/mol. The number of amides is 1. The number of phenolic OH excluding ortho intramolecular Hbond substituents is 1. The zero-order chi connectivity index (χ0) is 21.1. The Morgan fingerprint density at radius 1 is 1.30 bits per heavy atom. The number of fused-ring (bicyclic) bond motifs is 1. The molecule has 0 saturated heterocycles. The van der Waals surface area contributed by atoms with Gasteiger partial charge in [-0.3, -0.25) is 4.79 Å². The average Bonchev–Trinajstić information content (AvgIpc) is 3.23. The number of anilines is 1. The van der Waals surface area contributed by atoms with Crippen LogP contribution < -0.4 is 15.4 Å². The molecule has 4 rings (SSSR count). The molecule has 2 heterocycles. The van der Waals surface area contributed by atoms with Crippen molar-refractivity contribution in [3.8, 4) is 22.8 Å². The van der Waals surface area contributed by atoms with Crippen LogP contribution in [-0.4, -0.2) is 57.1 Å². The van der Waals surface area contributed by atoms with Crippen molar-refractivity contribution in [1.29, 1.82) is 0 Å². The number of carbonyl (C=O) groups is 1. The number of nitrogens with one attached hydrogen (secondary N) is 2. The van der Waals surface area contributed by atoms with Gasteiger partial charge in [-0.25, -0.2) is 4.98 Å². The van der Waals surface area contributed by atoms with Crippen LogP contribution in [0.4, 0.5) is 5.95 Å². The van der Waals surface area contributed by atoms with Gasteiger partial charge in [0.15, 0.2) is 0 Å². The zero-order valence-corrected chi connectivity index (χ0v) is 17.0. The molecule has 2 aromatic rings. The van der Waals surface area contributed by atoms with Crippen molar-refractivity contribution in [2.45, 2.75) is 45.1 Å². The summed E-state index contributed by atoms with van der Waals surface area (Å²) in [6, 6.07) is 3.71. The summed E-state index contributed by atoms with van der Waals surface area (Å²) in [4.78, 5) is 16.7. The molecule has 1 saturated carbocycles. The van der Waals surface area contributed by atoms with Crippen LogP contribution >= 0.6 is 0 Å². The number of hydrogen-bond donors (Lipinski definition) is 4. The first-order chi connectivity index (χ1) is 14.6. The summed E-state index contributed by atoms with van der Waals surface area (Å²) in [6.07, 6.45) is 4.06. The lowest BCUT2D eigenvalue weighted by Gasteiger charge is -2.29. The van der Waals surface area contributed by atoms with E-state index in [4.69, 9.17) is 9.84 Å². The number of aliphatic hydroxyl groups is 1. The molecule has 9 nitrogen and oxygen atoms in total. The lowest BCUT2D eigenvalue weighted by atomic mass is 9.85. The highest BCUT2D eigenvalue weighted by atomic mass is 16.5. The van der Waals surface area contributed by atoms with Gasteiger partial charge in [0.25, 0.3) is 0 Å². The fourth-order valence-corrected chi connectivity index (χ4v) is 4.23. The number of ether oxygens (including phenoxy) is 1. The summed E-state index contributed by atoms with van der Waals surface area (Å²) in [7, 11) is 0. The monoisotopic (exact) mass is 413 g/mol. The summed E-state index contributed by atoms with van der Waals surface area (Å²) in [6.45, 7) is 2.63. The Balaban J connectivity index is 1.46. The number of rotatable bonds is 6. The average molecular weight is 413 g/mol. The third kappa shape index (κ3) is 4.16. The first kappa shape index (κ1) is 20.3. The van der Waals surface area contributed by atoms with Crippen LogP contribution in [0.5, 0.6) is 11.5 Å². The summed E-state index contributed by atoms with van der Waals surface area (Å²) in [5.41, 5.74) is 2.59. The highest BCUT2D eigenvalue weighted by Gasteiger charge is 2.28. The van der Waals surface area contributed by atoms with Crippen molar-refractivity contribution >= 4 is 11.9 Å². The molecule has 2 atom stereocenters. The molecule has 4 N–H and O–H groups in total. The Kier molecular flexibility index (Phi) is 5.98. The van der Waals surface area contributed by atoms with Crippen LogP contribution in [0.3, 0.4) is 0 Å². The standard InChI is InChI=1S/C21H27N5O4/c1-12-18(16-5-6-17-15(19(16)28)7-10-30-17)25-26-21(23-12)24-14-4-2-3-13(11-14)20(29)22-8-9-27/h5-6,13-14,27-28H,2-4,7-11H2,1H3,(H,22,29)(H,23,24,26)/t13-,14+/m0/s1. The van der Waals surface area contributed by atoms with E-state index in [9.17, 15) is 9.90 Å². The molecule has 1 fully saturated rings. The quantitative estimate of drug-likeness (QED) is 0.562. The fraction of sp³-hybridized carbons (Fsp3) is 0.524. The Bertz CT molecular complexity index is 936. The molecule has 30 heavy (non-hydrogen) atoms. The molecular weight excluding hydrogens is 386 g/mol. The van der Waals surface area contributed by atoms with Crippen LogP contribution in [0.25, 0.3) is 11.3 Å². The minimum absolute atomic E-state index is 0.0165. The Labute approximate surface area is 174 Å². The van der Waals surface area contributed by atoms with Crippen LogP contribution in [0.15, 0.2) is 12.1 Å². The summed E-state index contributed by atoms with van der Waals surface area (Å²) in [5.74, 6) is 1.21. The minimum Gasteiger partial charge on any atom is -0.507 e. The molecule has 9 heteroatoms. The van der Waals surface area contributed by atoms with E-state index >= 15 is 0 Å². The number of nitrogens with zero attached hydrogens (tertiary/aromatic N) is 3. The van der Waals surface area contributed by atoms with Crippen molar-refractivity contribution in [2.24, 2.45) is 5.92 Å². The van der Waals surface area contributed by atoms with Gasteiger partial charge in [0.05, 0.1) is 18.9 Å². The maximum absolute atomic E-state index is 12.2. The van der Waals surface area contributed by atoms with Crippen LogP contribution in [0.1, 0.15) is 36.9 Å². The van der Waals surface area contributed by atoms with Gasteiger partial charge >= 0.3 is 0 Å². The third-order valence-electron chi connectivity index (χ3n) is 5.75. The van der Waals surface area contributed by atoms with E-state index < -0.39 is 0 Å². The van der Waals surface area contributed by atoms with Crippen molar-refractivity contribution in [3.63, 3.8) is 0 Å². The van der Waals surface area contributed by atoms with Gasteiger partial charge in [0.2, 0.25) is 11.9 Å². The highest BCUT2D eigenvalue weighted by molar-refractivity contribution is 5.78. The number of phenols is 1. The molecule has 1 aromatic carbocycles. The van der Waals surface area contributed by atoms with E-state index in [-0.39, 0.29) is 36.8 Å². The molecule has 1 aromatic heterocycles. The second kappa shape index (κ2) is 8.83. The predicted octanol–water partition coefficient (Wildman–Crippen LogP) is 1.57. The van der Waals surface area contributed by atoms with E-state index in [1.807, 2.05) is 13.0 Å². The van der Waals surface area contributed by atoms with E-state index in [1.165, 1.54) is 0 Å². The van der Waals surface area contributed by atoms with Gasteiger partial charge in [0.1, 0.15) is 17.2 Å². The smallest absolute Gasteiger partial charge is 0.243 e. The van der Waals surface area contributed by atoms with Gasteiger partial charge in [-0.2, -0.15) is 0 Å². The van der Waals surface area contributed by atoms with Crippen molar-refractivity contribution in [2.75, 3.05) is 25.1 Å². The van der Waals surface area contributed by atoms with Crippen LogP contribution in [0, 0.1) is 12.8 Å². The number of aryl methyl sites for hydroxylation is 1. The first-order valence-electron chi connectivity index (χ1n) is 10.4. The second-order valence-corrected chi connectivity index (χ2v) is 7.83. The Morgan fingerprint density at radius 2 is 2.17 bits per heavy atom. The maximum atomic E-state index is 12.2. The molecule has 1 amide bonds. The molecule has 1 aliphatic carbocycles. The summed E-state index contributed by atoms with van der Waals surface area (Å²) in [5, 5.41) is 34.1. The largest absolute Gasteiger partial charge is 0.507 e. The van der Waals surface area contributed by atoms with Crippen molar-refractivity contribution < 1.29 is 19.7 Å². The van der Waals surface area contributed by atoms with Gasteiger partial charge in [-0.1, -0.05) is 6.42 Å². The maximum Gasteiger partial charge on any atom is 0.243 e. The van der Waals surface area contributed by atoms with Gasteiger partial charge < -0.3 is 25.6 Å². The molecule has 160 valence electrons. The number of hydrogen-bond acceptors (Lipinski definition) is 8. The molecule has 0 spiro atoms. The first-order valence-corrected chi connectivity index (χ1v) is 10.4. The molecule has 0 bridgehead atoms. The van der Waals surface area contributed by atoms with E-state index in [0.29, 0.717) is 48.1 Å². The van der Waals surface area contributed by atoms with E-state index in [2.05, 4.69) is 25.8 Å². The van der Waals surface area contributed by atoms with Crippen LogP contribution in [0.2, 0.25) is 0 Å². The SMILES string of the molecule is Cc1nc(N[C@@H]2CCC[C@H](C(=O)NCCO)C2)nnc1-c1ccc2c(c1O)CCO2. The molecule has 0 unspecified atom stereocenters. The van der Waals surface area contributed by atoms with Gasteiger partial charge in [0, 0.05) is 36.1 Å². The second-order valence-electron chi connectivity index (χ2n) is 7.83. The Morgan fingerprint density at radius 3 is 2.97 bits per heavy atom. The number of benzene rings is 1. The molecular formula is C21H27N5O4. The zero-order valence-electron chi connectivity index (χ0n) is 17.0. The Hall–Kier alpha value is -2.94. The number of aromatic nitrogens is 3. The van der Waals surface area contributed by atoms with E-state index in [0.717, 1.165) is 24.8 Å². The summed E-state index contributed by atoms with van der Waals surface area (Å²) < 4.78 is 5.49. The van der Waals surface area contributed by atoms with E-state index in [1.54, 1.807) is 6.07 Å². The van der Waals surface area contributed by atoms with Gasteiger partial charge in [-0.05, 0) is 38.3 Å². The minimum atomic E-state index is -0.0818. The molecule has 0 radical (unpaired) electrons. The number of aromatic hydroxyl groups is 1.